The summed E-state index contributed by atoms with van der Waals surface area (Å²) >= 11 is 0. The molecule has 5 aliphatic carbocycles. The molecule has 2 nitrogen and oxygen atoms in total. The highest BCUT2D eigenvalue weighted by atomic mass is 16.5. The lowest BCUT2D eigenvalue weighted by atomic mass is 9.33. The summed E-state index contributed by atoms with van der Waals surface area (Å²) < 4.78 is 5.91. The van der Waals surface area contributed by atoms with Crippen LogP contribution >= 0.6 is 0 Å². The van der Waals surface area contributed by atoms with Crippen molar-refractivity contribution in [2.45, 2.75) is 126 Å². The van der Waals surface area contributed by atoms with Crippen LogP contribution in [0, 0.1) is 56.7 Å². The minimum atomic E-state index is -0.110. The Hall–Kier alpha value is -0.790. The molecule has 0 saturated heterocycles. The normalized spacial score (nSPS) is 54.0. The molecule has 0 aromatic heterocycles. The van der Waals surface area contributed by atoms with E-state index in [4.69, 9.17) is 4.74 Å². The molecule has 10 atom stereocenters. The van der Waals surface area contributed by atoms with Crippen LogP contribution in [0.15, 0.2) is 11.6 Å². The van der Waals surface area contributed by atoms with Gasteiger partial charge in [-0.25, -0.2) is 0 Å². The van der Waals surface area contributed by atoms with Crippen LogP contribution in [0.25, 0.3) is 0 Å². The maximum absolute atomic E-state index is 11.9. The number of rotatable bonds is 1. The number of allylic oxidation sites excluding steroid dienone is 2. The quantitative estimate of drug-likeness (QED) is 0.284. The number of fused-ring (bicyclic) bond motifs is 7. The summed E-state index contributed by atoms with van der Waals surface area (Å²) in [5.74, 6) is 3.66. The number of carbonyl (C=O) groups is 1. The Morgan fingerprint density at radius 2 is 1.59 bits per heavy atom. The zero-order valence-electron chi connectivity index (χ0n) is 23.7. The Kier molecular flexibility index (Phi) is 5.57. The molecule has 4 saturated carbocycles. The molecule has 0 aliphatic heterocycles. The molecule has 2 heteroatoms. The standard InChI is InChI=1S/C32H52O2/c1-20-12-15-29(6)18-19-31(8)23(27(29)21(20)2)10-11-25-30(7)16-14-26(34-22(3)33)28(4,5)24(30)13-17-32(25,31)9/h10,20-21,24-27H,11-19H2,1-9H3/t20-,21-,24-,25-,26-,27+,29-,30-,31-,32-/m1/s1. The molecule has 4 fully saturated rings. The van der Waals surface area contributed by atoms with Gasteiger partial charge in [-0.3, -0.25) is 4.79 Å². The van der Waals surface area contributed by atoms with Gasteiger partial charge in [0, 0.05) is 12.3 Å². The largest absolute Gasteiger partial charge is 0.462 e. The van der Waals surface area contributed by atoms with Crippen molar-refractivity contribution in [3.05, 3.63) is 11.6 Å². The van der Waals surface area contributed by atoms with Gasteiger partial charge < -0.3 is 4.74 Å². The van der Waals surface area contributed by atoms with Crippen LogP contribution in [-0.2, 0) is 9.53 Å². The topological polar surface area (TPSA) is 26.3 Å². The maximum atomic E-state index is 11.9. The third-order valence-electron chi connectivity index (χ3n) is 13.6. The molecule has 34 heavy (non-hydrogen) atoms. The second-order valence-electron chi connectivity index (χ2n) is 15.3. The molecule has 5 rings (SSSR count). The van der Waals surface area contributed by atoms with E-state index in [0.717, 1.165) is 30.1 Å². The van der Waals surface area contributed by atoms with Crippen molar-refractivity contribution in [2.24, 2.45) is 56.7 Å². The summed E-state index contributed by atoms with van der Waals surface area (Å²) in [4.78, 5) is 11.9. The van der Waals surface area contributed by atoms with Gasteiger partial charge in [-0.2, -0.15) is 0 Å². The van der Waals surface area contributed by atoms with E-state index in [1.807, 2.05) is 5.57 Å². The Balaban J connectivity index is 1.54. The van der Waals surface area contributed by atoms with Gasteiger partial charge in [0.2, 0.25) is 0 Å². The summed E-state index contributed by atoms with van der Waals surface area (Å²) in [5.41, 5.74) is 3.44. The minimum absolute atomic E-state index is 0.0450. The van der Waals surface area contributed by atoms with Crippen LogP contribution in [0.1, 0.15) is 120 Å². The highest BCUT2D eigenvalue weighted by molar-refractivity contribution is 5.66. The van der Waals surface area contributed by atoms with E-state index in [2.05, 4.69) is 61.5 Å². The van der Waals surface area contributed by atoms with Gasteiger partial charge in [0.05, 0.1) is 0 Å². The summed E-state index contributed by atoms with van der Waals surface area (Å²) in [7, 11) is 0. The highest BCUT2D eigenvalue weighted by Crippen LogP contribution is 2.75. The number of hydrogen-bond acceptors (Lipinski definition) is 2. The summed E-state index contributed by atoms with van der Waals surface area (Å²) in [6, 6.07) is 0. The fourth-order valence-electron chi connectivity index (χ4n) is 11.2. The Labute approximate surface area is 210 Å². The lowest BCUT2D eigenvalue weighted by Crippen LogP contribution is -2.65. The molecule has 0 spiro atoms. The molecule has 192 valence electrons. The third-order valence-corrected chi connectivity index (χ3v) is 13.6. The first-order chi connectivity index (χ1) is 15.7. The average molecular weight is 469 g/mol. The molecule has 0 heterocycles. The van der Waals surface area contributed by atoms with E-state index in [-0.39, 0.29) is 17.5 Å². The van der Waals surface area contributed by atoms with Crippen molar-refractivity contribution >= 4 is 5.97 Å². The van der Waals surface area contributed by atoms with Gasteiger partial charge in [0.1, 0.15) is 6.10 Å². The fourth-order valence-corrected chi connectivity index (χ4v) is 11.2. The molecular weight excluding hydrogens is 416 g/mol. The molecular formula is C32H52O2. The van der Waals surface area contributed by atoms with Gasteiger partial charge in [0.15, 0.2) is 0 Å². The highest BCUT2D eigenvalue weighted by Gasteiger charge is 2.68. The SMILES string of the molecule is CC(=O)O[C@@H]1CC[C@]2(C)[C@H](CC[C@]3(C)[C@@H]2CC=C2[C@@H]4[C@H](C)[C@H](C)CC[C@]4(C)CC[C@]23C)C1(C)C. The predicted octanol–water partition coefficient (Wildman–Crippen LogP) is 8.60. The zero-order valence-corrected chi connectivity index (χ0v) is 23.7. The van der Waals surface area contributed by atoms with Crippen molar-refractivity contribution < 1.29 is 9.53 Å². The maximum Gasteiger partial charge on any atom is 0.302 e. The third kappa shape index (κ3) is 3.08. The van der Waals surface area contributed by atoms with E-state index in [0.29, 0.717) is 27.6 Å². The van der Waals surface area contributed by atoms with Crippen molar-refractivity contribution in [2.75, 3.05) is 0 Å². The van der Waals surface area contributed by atoms with Crippen molar-refractivity contribution in [3.8, 4) is 0 Å². The smallest absolute Gasteiger partial charge is 0.302 e. The molecule has 0 bridgehead atoms. The van der Waals surface area contributed by atoms with Gasteiger partial charge in [-0.15, -0.1) is 0 Å². The molecule has 0 N–H and O–H groups in total. The average Bonchev–Trinajstić information content (AvgIpc) is 2.74. The monoisotopic (exact) mass is 468 g/mol. The van der Waals surface area contributed by atoms with Crippen LogP contribution in [0.2, 0.25) is 0 Å². The number of carbonyl (C=O) groups excluding carboxylic acids is 1. The van der Waals surface area contributed by atoms with Gasteiger partial charge in [-0.1, -0.05) is 67.0 Å². The number of hydrogen-bond donors (Lipinski definition) is 0. The lowest BCUT2D eigenvalue weighted by molar-refractivity contribution is -0.212. The lowest BCUT2D eigenvalue weighted by Gasteiger charge is -2.71. The van der Waals surface area contributed by atoms with Crippen LogP contribution in [-0.4, -0.2) is 12.1 Å². The van der Waals surface area contributed by atoms with Crippen LogP contribution in [0.5, 0.6) is 0 Å². The minimum Gasteiger partial charge on any atom is -0.462 e. The first-order valence-corrected chi connectivity index (χ1v) is 14.6. The molecule has 0 radical (unpaired) electrons. The summed E-state index contributed by atoms with van der Waals surface area (Å²) in [6.07, 6.45) is 14.6. The Bertz CT molecular complexity index is 885. The van der Waals surface area contributed by atoms with Crippen molar-refractivity contribution in [3.63, 3.8) is 0 Å². The van der Waals surface area contributed by atoms with Crippen LogP contribution in [0.4, 0.5) is 0 Å². The Morgan fingerprint density at radius 3 is 2.26 bits per heavy atom. The Morgan fingerprint density at radius 1 is 0.882 bits per heavy atom. The molecule has 0 amide bonds. The number of esters is 1. The molecule has 0 aromatic rings. The van der Waals surface area contributed by atoms with E-state index < -0.39 is 0 Å². The second kappa shape index (κ2) is 7.61. The summed E-state index contributed by atoms with van der Waals surface area (Å²) in [5, 5.41) is 0. The fraction of sp³-hybridized carbons (Fsp3) is 0.906. The molecule has 0 unspecified atom stereocenters. The van der Waals surface area contributed by atoms with Crippen LogP contribution < -0.4 is 0 Å². The van der Waals surface area contributed by atoms with Gasteiger partial charge >= 0.3 is 5.97 Å². The van der Waals surface area contributed by atoms with E-state index in [1.54, 1.807) is 6.92 Å². The van der Waals surface area contributed by atoms with E-state index >= 15 is 0 Å². The number of ether oxygens (including phenoxy) is 1. The molecule has 0 aromatic carbocycles. The second-order valence-corrected chi connectivity index (χ2v) is 15.3. The van der Waals surface area contributed by atoms with E-state index in [9.17, 15) is 4.79 Å². The van der Waals surface area contributed by atoms with Crippen molar-refractivity contribution in [1.82, 2.24) is 0 Å². The summed E-state index contributed by atoms with van der Waals surface area (Å²) in [6.45, 7) is 22.1. The van der Waals surface area contributed by atoms with Crippen LogP contribution in [0.3, 0.4) is 0 Å². The first-order valence-electron chi connectivity index (χ1n) is 14.6. The van der Waals surface area contributed by atoms with Crippen molar-refractivity contribution in [1.29, 1.82) is 0 Å². The van der Waals surface area contributed by atoms with E-state index in [1.165, 1.54) is 51.4 Å². The van der Waals surface area contributed by atoms with Gasteiger partial charge in [0.25, 0.3) is 0 Å². The molecule has 5 aliphatic rings. The predicted molar refractivity (Wildman–Crippen MR) is 140 cm³/mol. The van der Waals surface area contributed by atoms with Gasteiger partial charge in [-0.05, 0) is 109 Å². The zero-order chi connectivity index (χ0) is 24.9. The first kappa shape index (κ1) is 24.9.